The Balaban J connectivity index is 1.94. The molecule has 0 aliphatic heterocycles. The first-order valence-electron chi connectivity index (χ1n) is 9.67. The van der Waals surface area contributed by atoms with Crippen LogP contribution in [0.15, 0.2) is 54.6 Å². The number of carbonyl (C=O) groups excluding carboxylic acids is 2. The highest BCUT2D eigenvalue weighted by Crippen LogP contribution is 2.34. The predicted octanol–water partition coefficient (Wildman–Crippen LogP) is 4.83. The summed E-state index contributed by atoms with van der Waals surface area (Å²) >= 11 is 5.80. The SMILES string of the molecule is O=C(NC1CCC(F)(F)CC1)C(c1ccccc1)N(C(=O)CCl)c1cccc(F)c1. The molecule has 2 aromatic carbocycles. The lowest BCUT2D eigenvalue weighted by Crippen LogP contribution is -2.48. The molecule has 1 saturated carbocycles. The molecule has 2 amide bonds. The Kier molecular flexibility index (Phi) is 7.02. The van der Waals surface area contributed by atoms with Gasteiger partial charge in [-0.1, -0.05) is 36.4 Å². The third kappa shape index (κ3) is 5.33. The van der Waals surface area contributed by atoms with Crippen molar-refractivity contribution in [2.24, 2.45) is 0 Å². The van der Waals surface area contributed by atoms with Crippen LogP contribution in [-0.4, -0.2) is 29.7 Å². The molecule has 1 aliphatic carbocycles. The number of alkyl halides is 3. The maximum absolute atomic E-state index is 13.9. The largest absolute Gasteiger partial charge is 0.351 e. The Morgan fingerprint density at radius 2 is 1.77 bits per heavy atom. The van der Waals surface area contributed by atoms with Gasteiger partial charge in [-0.25, -0.2) is 13.2 Å². The zero-order chi connectivity index (χ0) is 21.7. The summed E-state index contributed by atoms with van der Waals surface area (Å²) in [6.07, 6.45) is -0.322. The second-order valence-corrected chi connectivity index (χ2v) is 7.60. The molecule has 0 bridgehead atoms. The fourth-order valence-electron chi connectivity index (χ4n) is 3.65. The van der Waals surface area contributed by atoms with Gasteiger partial charge >= 0.3 is 0 Å². The summed E-state index contributed by atoms with van der Waals surface area (Å²) in [7, 11) is 0. The van der Waals surface area contributed by atoms with Crippen molar-refractivity contribution in [2.75, 3.05) is 10.8 Å². The summed E-state index contributed by atoms with van der Waals surface area (Å²) in [5, 5.41) is 2.80. The van der Waals surface area contributed by atoms with E-state index in [9.17, 15) is 22.8 Å². The monoisotopic (exact) mass is 438 g/mol. The quantitative estimate of drug-likeness (QED) is 0.656. The fourth-order valence-corrected chi connectivity index (χ4v) is 3.77. The van der Waals surface area contributed by atoms with E-state index in [0.717, 1.165) is 11.0 Å². The molecule has 160 valence electrons. The molecule has 0 radical (unpaired) electrons. The lowest BCUT2D eigenvalue weighted by atomic mass is 9.91. The van der Waals surface area contributed by atoms with Crippen molar-refractivity contribution < 1.29 is 22.8 Å². The van der Waals surface area contributed by atoms with Crippen molar-refractivity contribution in [2.45, 2.75) is 43.7 Å². The maximum atomic E-state index is 13.9. The average molecular weight is 439 g/mol. The minimum atomic E-state index is -2.72. The van der Waals surface area contributed by atoms with Crippen molar-refractivity contribution >= 4 is 29.1 Å². The summed E-state index contributed by atoms with van der Waals surface area (Å²) in [5.74, 6) is -4.81. The van der Waals surface area contributed by atoms with Gasteiger partial charge in [-0.3, -0.25) is 14.5 Å². The first kappa shape index (κ1) is 22.2. The lowest BCUT2D eigenvalue weighted by molar-refractivity contribution is -0.127. The van der Waals surface area contributed by atoms with Crippen molar-refractivity contribution in [3.05, 3.63) is 66.0 Å². The van der Waals surface area contributed by atoms with E-state index in [0.29, 0.717) is 5.56 Å². The van der Waals surface area contributed by atoms with Crippen LogP contribution in [0.5, 0.6) is 0 Å². The summed E-state index contributed by atoms with van der Waals surface area (Å²) in [5.41, 5.74) is 0.679. The smallest absolute Gasteiger partial charge is 0.248 e. The normalized spacial score (nSPS) is 17.2. The van der Waals surface area contributed by atoms with Crippen molar-refractivity contribution in [1.29, 1.82) is 0 Å². The lowest BCUT2D eigenvalue weighted by Gasteiger charge is -2.34. The first-order valence-corrected chi connectivity index (χ1v) is 10.2. The van der Waals surface area contributed by atoms with E-state index in [4.69, 9.17) is 11.6 Å². The van der Waals surface area contributed by atoms with Crippen LogP contribution < -0.4 is 10.2 Å². The number of rotatable bonds is 6. The highest BCUT2D eigenvalue weighted by Gasteiger charge is 2.38. The van der Waals surface area contributed by atoms with Crippen molar-refractivity contribution in [1.82, 2.24) is 5.32 Å². The first-order chi connectivity index (χ1) is 14.3. The summed E-state index contributed by atoms with van der Waals surface area (Å²) in [4.78, 5) is 27.1. The van der Waals surface area contributed by atoms with Crippen LogP contribution >= 0.6 is 11.6 Å². The van der Waals surface area contributed by atoms with Gasteiger partial charge < -0.3 is 5.32 Å². The molecular formula is C22H22ClF3N2O2. The van der Waals surface area contributed by atoms with Gasteiger partial charge in [0.15, 0.2) is 0 Å². The Bertz CT molecular complexity index is 885. The van der Waals surface area contributed by atoms with E-state index in [2.05, 4.69) is 5.32 Å². The van der Waals surface area contributed by atoms with Crippen LogP contribution in [-0.2, 0) is 9.59 Å². The van der Waals surface area contributed by atoms with Gasteiger partial charge in [-0.15, -0.1) is 11.6 Å². The molecule has 0 spiro atoms. The summed E-state index contributed by atoms with van der Waals surface area (Å²) < 4.78 is 40.8. The predicted molar refractivity (Wildman–Crippen MR) is 109 cm³/mol. The molecule has 0 heterocycles. The van der Waals surface area contributed by atoms with E-state index in [1.54, 1.807) is 30.3 Å². The van der Waals surface area contributed by atoms with Crippen LogP contribution in [0.4, 0.5) is 18.9 Å². The Labute approximate surface area is 178 Å². The number of anilines is 1. The molecule has 1 unspecified atom stereocenters. The second-order valence-electron chi connectivity index (χ2n) is 7.33. The highest BCUT2D eigenvalue weighted by molar-refractivity contribution is 6.29. The molecule has 2 aromatic rings. The topological polar surface area (TPSA) is 49.4 Å². The van der Waals surface area contributed by atoms with Crippen LogP contribution in [0.1, 0.15) is 37.3 Å². The van der Waals surface area contributed by atoms with Gasteiger partial charge in [0, 0.05) is 24.6 Å². The third-order valence-electron chi connectivity index (χ3n) is 5.15. The van der Waals surface area contributed by atoms with E-state index in [1.165, 1.54) is 18.2 Å². The Morgan fingerprint density at radius 1 is 1.10 bits per heavy atom. The molecular weight excluding hydrogens is 417 g/mol. The highest BCUT2D eigenvalue weighted by atomic mass is 35.5. The van der Waals surface area contributed by atoms with E-state index in [1.807, 2.05) is 0 Å². The molecule has 4 nitrogen and oxygen atoms in total. The number of amides is 2. The zero-order valence-corrected chi connectivity index (χ0v) is 16.9. The number of halogens is 4. The van der Waals surface area contributed by atoms with Gasteiger partial charge in [-0.05, 0) is 36.6 Å². The minimum Gasteiger partial charge on any atom is -0.351 e. The number of carbonyl (C=O) groups is 2. The van der Waals surface area contributed by atoms with Gasteiger partial charge in [0.2, 0.25) is 17.7 Å². The van der Waals surface area contributed by atoms with Crippen LogP contribution in [0.2, 0.25) is 0 Å². The molecule has 1 atom stereocenters. The van der Waals surface area contributed by atoms with Crippen molar-refractivity contribution in [3.63, 3.8) is 0 Å². The van der Waals surface area contributed by atoms with Gasteiger partial charge in [0.1, 0.15) is 17.7 Å². The number of benzene rings is 2. The van der Waals surface area contributed by atoms with Crippen LogP contribution in [0.3, 0.4) is 0 Å². The second kappa shape index (κ2) is 9.51. The molecule has 3 rings (SSSR count). The van der Waals surface area contributed by atoms with Crippen LogP contribution in [0, 0.1) is 5.82 Å². The number of nitrogens with zero attached hydrogens (tertiary/aromatic N) is 1. The van der Waals surface area contributed by atoms with E-state index < -0.39 is 41.5 Å². The average Bonchev–Trinajstić information content (AvgIpc) is 2.73. The number of hydrogen-bond acceptors (Lipinski definition) is 2. The Morgan fingerprint density at radius 3 is 2.37 bits per heavy atom. The fraction of sp³-hybridized carbons (Fsp3) is 0.364. The van der Waals surface area contributed by atoms with Gasteiger partial charge in [-0.2, -0.15) is 0 Å². The molecule has 30 heavy (non-hydrogen) atoms. The molecule has 0 saturated heterocycles. The molecule has 0 aromatic heterocycles. The summed E-state index contributed by atoms with van der Waals surface area (Å²) in [6, 6.07) is 12.3. The van der Waals surface area contributed by atoms with E-state index >= 15 is 0 Å². The zero-order valence-electron chi connectivity index (χ0n) is 16.2. The Hall–Kier alpha value is -2.54. The van der Waals surface area contributed by atoms with E-state index in [-0.39, 0.29) is 31.4 Å². The maximum Gasteiger partial charge on any atom is 0.248 e. The third-order valence-corrected chi connectivity index (χ3v) is 5.38. The molecule has 1 aliphatic rings. The minimum absolute atomic E-state index is 0.143. The van der Waals surface area contributed by atoms with Gasteiger partial charge in [0.05, 0.1) is 0 Å². The molecule has 8 heteroatoms. The standard InChI is InChI=1S/C22H22ClF3N2O2/c23-14-19(29)28(18-8-4-7-16(24)13-18)20(15-5-2-1-3-6-15)21(30)27-17-9-11-22(25,26)12-10-17/h1-8,13,17,20H,9-12,14H2,(H,27,30). The van der Waals surface area contributed by atoms with Crippen molar-refractivity contribution in [3.8, 4) is 0 Å². The number of hydrogen-bond donors (Lipinski definition) is 1. The molecule has 1 fully saturated rings. The molecule has 1 N–H and O–H groups in total. The number of nitrogens with one attached hydrogen (secondary N) is 1. The summed E-state index contributed by atoms with van der Waals surface area (Å²) in [6.45, 7) is 0. The van der Waals surface area contributed by atoms with Gasteiger partial charge in [0.25, 0.3) is 0 Å². The van der Waals surface area contributed by atoms with Crippen LogP contribution in [0.25, 0.3) is 0 Å².